The number of likely N-dealkylation sites (N-methyl/N-ethyl adjacent to an activating group) is 3. The van der Waals surface area contributed by atoms with Gasteiger partial charge in [-0.05, 0) is 45.2 Å². The van der Waals surface area contributed by atoms with Crippen molar-refractivity contribution in [2.24, 2.45) is 0 Å². The molecule has 1 atom stereocenters. The first-order valence-electron chi connectivity index (χ1n) is 7.72. The summed E-state index contributed by atoms with van der Waals surface area (Å²) in [5.41, 5.74) is 2.80. The molecular weight excluding hydrogens is 246 g/mol. The molecule has 0 amide bonds. The minimum Gasteiger partial charge on any atom is -0.309 e. The maximum absolute atomic E-state index is 3.60. The molecule has 0 saturated carbocycles. The second-order valence-corrected chi connectivity index (χ2v) is 5.77. The maximum Gasteiger partial charge on any atom is 0.0449 e. The molecule has 20 heavy (non-hydrogen) atoms. The molecule has 3 nitrogen and oxygen atoms in total. The molecule has 1 N–H and O–H groups in total. The third-order valence-corrected chi connectivity index (χ3v) is 3.66. The number of aryl methyl sites for hydroxylation is 1. The molecule has 0 spiro atoms. The van der Waals surface area contributed by atoms with E-state index in [2.05, 4.69) is 74.4 Å². The first-order valence-corrected chi connectivity index (χ1v) is 7.72. The van der Waals surface area contributed by atoms with Gasteiger partial charge in [-0.25, -0.2) is 0 Å². The average molecular weight is 277 g/mol. The Kier molecular flexibility index (Phi) is 7.82. The molecule has 1 rings (SSSR count). The summed E-state index contributed by atoms with van der Waals surface area (Å²) in [7, 11) is 6.45. The average Bonchev–Trinajstić information content (AvgIpc) is 2.45. The fourth-order valence-electron chi connectivity index (χ4n) is 2.29. The van der Waals surface area contributed by atoms with E-state index in [0.717, 1.165) is 32.6 Å². The lowest BCUT2D eigenvalue weighted by molar-refractivity contribution is 0.257. The Bertz CT molecular complexity index is 359. The van der Waals surface area contributed by atoms with Crippen LogP contribution in [0.15, 0.2) is 24.3 Å². The zero-order chi connectivity index (χ0) is 15.0. The van der Waals surface area contributed by atoms with Gasteiger partial charge < -0.3 is 15.1 Å². The summed E-state index contributed by atoms with van der Waals surface area (Å²) in [6.45, 7) is 8.62. The molecule has 114 valence electrons. The third-order valence-electron chi connectivity index (χ3n) is 3.66. The third kappa shape index (κ3) is 6.04. The lowest BCUT2D eigenvalue weighted by Gasteiger charge is -2.26. The first-order chi connectivity index (χ1) is 9.56. The van der Waals surface area contributed by atoms with Crippen molar-refractivity contribution in [1.82, 2.24) is 15.1 Å². The van der Waals surface area contributed by atoms with Crippen molar-refractivity contribution < 1.29 is 0 Å². The van der Waals surface area contributed by atoms with Crippen molar-refractivity contribution >= 4 is 0 Å². The predicted molar refractivity (Wildman–Crippen MR) is 88.3 cm³/mol. The second-order valence-electron chi connectivity index (χ2n) is 5.77. The second kappa shape index (κ2) is 9.11. The Morgan fingerprint density at radius 2 is 1.65 bits per heavy atom. The number of nitrogens with one attached hydrogen (secondary N) is 1. The molecule has 1 unspecified atom stereocenters. The van der Waals surface area contributed by atoms with Gasteiger partial charge in [-0.2, -0.15) is 0 Å². The van der Waals surface area contributed by atoms with Crippen LogP contribution in [0, 0.1) is 0 Å². The molecular formula is C17H31N3. The van der Waals surface area contributed by atoms with Crippen LogP contribution in [-0.2, 0) is 6.42 Å². The molecule has 0 aliphatic carbocycles. The number of benzene rings is 1. The van der Waals surface area contributed by atoms with Gasteiger partial charge in [0.25, 0.3) is 0 Å². The van der Waals surface area contributed by atoms with E-state index in [1.165, 1.54) is 11.1 Å². The van der Waals surface area contributed by atoms with Gasteiger partial charge in [-0.3, -0.25) is 0 Å². The van der Waals surface area contributed by atoms with Gasteiger partial charge in [0.2, 0.25) is 0 Å². The number of hydrogen-bond donors (Lipinski definition) is 1. The first kappa shape index (κ1) is 17.2. The van der Waals surface area contributed by atoms with Gasteiger partial charge in [0, 0.05) is 25.7 Å². The number of nitrogens with zero attached hydrogens (tertiary/aromatic N) is 2. The van der Waals surface area contributed by atoms with E-state index in [4.69, 9.17) is 0 Å². The standard InChI is InChI=1S/C17H31N3/c1-6-15-8-10-16(11-9-15)17(18-7-2)14-20(5)13-12-19(3)4/h8-11,17-18H,6-7,12-14H2,1-5H3. The lowest BCUT2D eigenvalue weighted by Crippen LogP contribution is -2.36. The molecule has 0 aliphatic heterocycles. The van der Waals surface area contributed by atoms with Crippen LogP contribution in [0.3, 0.4) is 0 Å². The van der Waals surface area contributed by atoms with E-state index in [1.807, 2.05) is 0 Å². The van der Waals surface area contributed by atoms with Crippen molar-refractivity contribution in [3.63, 3.8) is 0 Å². The summed E-state index contributed by atoms with van der Waals surface area (Å²) in [6.07, 6.45) is 1.11. The van der Waals surface area contributed by atoms with E-state index < -0.39 is 0 Å². The summed E-state index contributed by atoms with van der Waals surface area (Å²) in [4.78, 5) is 4.63. The highest BCUT2D eigenvalue weighted by atomic mass is 15.2. The normalized spacial score (nSPS) is 13.2. The van der Waals surface area contributed by atoms with Crippen LogP contribution in [0.4, 0.5) is 0 Å². The van der Waals surface area contributed by atoms with E-state index >= 15 is 0 Å². The predicted octanol–water partition coefficient (Wildman–Crippen LogP) is 2.39. The molecule has 1 aromatic rings. The van der Waals surface area contributed by atoms with E-state index in [9.17, 15) is 0 Å². The van der Waals surface area contributed by atoms with E-state index in [-0.39, 0.29) is 0 Å². The van der Waals surface area contributed by atoms with Crippen molar-refractivity contribution in [3.05, 3.63) is 35.4 Å². The van der Waals surface area contributed by atoms with Gasteiger partial charge in [-0.1, -0.05) is 38.1 Å². The van der Waals surface area contributed by atoms with Crippen LogP contribution >= 0.6 is 0 Å². The minimum absolute atomic E-state index is 0.415. The highest BCUT2D eigenvalue weighted by Gasteiger charge is 2.12. The van der Waals surface area contributed by atoms with Crippen LogP contribution in [0.1, 0.15) is 31.0 Å². The summed E-state index contributed by atoms with van der Waals surface area (Å²) in [5, 5.41) is 3.60. The summed E-state index contributed by atoms with van der Waals surface area (Å²) < 4.78 is 0. The molecule has 0 aromatic heterocycles. The Morgan fingerprint density at radius 1 is 1.00 bits per heavy atom. The summed E-state index contributed by atoms with van der Waals surface area (Å²) in [5.74, 6) is 0. The van der Waals surface area contributed by atoms with E-state index in [1.54, 1.807) is 0 Å². The van der Waals surface area contributed by atoms with Gasteiger partial charge in [-0.15, -0.1) is 0 Å². The minimum atomic E-state index is 0.415. The quantitative estimate of drug-likeness (QED) is 0.748. The SMILES string of the molecule is CCNC(CN(C)CCN(C)C)c1ccc(CC)cc1. The summed E-state index contributed by atoms with van der Waals surface area (Å²) in [6, 6.07) is 9.45. The fourth-order valence-corrected chi connectivity index (χ4v) is 2.29. The molecule has 1 aromatic carbocycles. The Hall–Kier alpha value is -0.900. The van der Waals surface area contributed by atoms with Gasteiger partial charge in [0.05, 0.1) is 0 Å². The zero-order valence-electron chi connectivity index (χ0n) is 13.8. The Morgan fingerprint density at radius 3 is 2.15 bits per heavy atom. The largest absolute Gasteiger partial charge is 0.309 e. The van der Waals surface area contributed by atoms with Crippen molar-refractivity contribution in [3.8, 4) is 0 Å². The number of hydrogen-bond acceptors (Lipinski definition) is 3. The topological polar surface area (TPSA) is 18.5 Å². The fraction of sp³-hybridized carbons (Fsp3) is 0.647. The lowest BCUT2D eigenvalue weighted by atomic mass is 10.0. The highest BCUT2D eigenvalue weighted by Crippen LogP contribution is 2.15. The van der Waals surface area contributed by atoms with Gasteiger partial charge in [0.1, 0.15) is 0 Å². The molecule has 0 bridgehead atoms. The van der Waals surface area contributed by atoms with Crippen LogP contribution in [0.25, 0.3) is 0 Å². The van der Waals surface area contributed by atoms with Crippen LogP contribution < -0.4 is 5.32 Å². The maximum atomic E-state index is 3.60. The molecule has 0 aliphatic rings. The van der Waals surface area contributed by atoms with E-state index in [0.29, 0.717) is 6.04 Å². The number of rotatable bonds is 9. The van der Waals surface area contributed by atoms with Crippen LogP contribution in [-0.4, -0.2) is 57.1 Å². The van der Waals surface area contributed by atoms with Crippen molar-refractivity contribution in [1.29, 1.82) is 0 Å². The highest BCUT2D eigenvalue weighted by molar-refractivity contribution is 5.25. The Balaban J connectivity index is 2.62. The molecule has 0 fully saturated rings. The zero-order valence-corrected chi connectivity index (χ0v) is 13.8. The Labute approximate surface area is 125 Å². The van der Waals surface area contributed by atoms with Gasteiger partial charge in [0.15, 0.2) is 0 Å². The monoisotopic (exact) mass is 277 g/mol. The summed E-state index contributed by atoms with van der Waals surface area (Å²) >= 11 is 0. The molecule has 0 saturated heterocycles. The smallest absolute Gasteiger partial charge is 0.0449 e. The van der Waals surface area contributed by atoms with Crippen LogP contribution in [0.2, 0.25) is 0 Å². The molecule has 3 heteroatoms. The van der Waals surface area contributed by atoms with Crippen molar-refractivity contribution in [2.45, 2.75) is 26.3 Å². The van der Waals surface area contributed by atoms with Crippen molar-refractivity contribution in [2.75, 3.05) is 47.3 Å². The van der Waals surface area contributed by atoms with Crippen LogP contribution in [0.5, 0.6) is 0 Å². The van der Waals surface area contributed by atoms with Gasteiger partial charge >= 0.3 is 0 Å². The molecule has 0 radical (unpaired) electrons. The molecule has 0 heterocycles.